The van der Waals surface area contributed by atoms with Crippen LogP contribution in [-0.2, 0) is 11.0 Å². The molecule has 1 aliphatic carbocycles. The molecule has 0 heterocycles. The smallest absolute Gasteiger partial charge is 0.162 e. The Morgan fingerprint density at radius 1 is 1.12 bits per heavy atom. The monoisotopic (exact) mass is 351 g/mol. The summed E-state index contributed by atoms with van der Waals surface area (Å²) >= 11 is 0. The van der Waals surface area contributed by atoms with Crippen molar-refractivity contribution in [3.8, 4) is 0 Å². The highest BCUT2D eigenvalue weighted by molar-refractivity contribution is 7.84. The van der Waals surface area contributed by atoms with Gasteiger partial charge in [-0.2, -0.15) is 0 Å². The van der Waals surface area contributed by atoms with E-state index in [1.54, 1.807) is 24.3 Å². The van der Waals surface area contributed by atoms with Gasteiger partial charge in [0.25, 0.3) is 0 Å². The number of hydrogen-bond acceptors (Lipinski definition) is 3. The van der Waals surface area contributed by atoms with Crippen LogP contribution < -0.4 is 5.14 Å². The first-order chi connectivity index (χ1) is 10.9. The predicted molar refractivity (Wildman–Crippen MR) is 99.4 cm³/mol. The molecule has 1 fully saturated rings. The largest absolute Gasteiger partial charge is 0.295 e. The van der Waals surface area contributed by atoms with E-state index >= 15 is 0 Å². The number of Topliss-reactive ketones (excluding diaryl/α,β-unsaturated/α-hetero) is 2. The molecule has 0 saturated heterocycles. The standard InChI is InChI=1S/C15H18O2.C4H11NOS/c1-11(16)12-3-5-13(6-4-12)14(17)7-8-15(2)9-10-15;1-4(2,3)7(5)6/h3-6H,7-10H2,1-2H3;5H2,1-3H3. The highest BCUT2D eigenvalue weighted by Crippen LogP contribution is 2.49. The van der Waals surface area contributed by atoms with Crippen LogP contribution in [0.15, 0.2) is 24.3 Å². The van der Waals surface area contributed by atoms with E-state index in [4.69, 9.17) is 5.14 Å². The number of rotatable bonds is 5. The normalized spacial score (nSPS) is 16.6. The molecule has 0 aromatic heterocycles. The van der Waals surface area contributed by atoms with E-state index in [1.807, 2.05) is 20.8 Å². The Labute approximate surface area is 147 Å². The fraction of sp³-hybridized carbons (Fsp3) is 0.579. The Balaban J connectivity index is 0.000000351. The molecule has 1 saturated carbocycles. The number of carbonyl (C=O) groups is 2. The molecular weight excluding hydrogens is 322 g/mol. The lowest BCUT2D eigenvalue weighted by Crippen LogP contribution is -2.27. The summed E-state index contributed by atoms with van der Waals surface area (Å²) < 4.78 is 10.1. The molecule has 0 bridgehead atoms. The minimum Gasteiger partial charge on any atom is -0.295 e. The van der Waals surface area contributed by atoms with Crippen LogP contribution in [0.2, 0.25) is 0 Å². The van der Waals surface area contributed by atoms with Crippen LogP contribution in [0.4, 0.5) is 0 Å². The molecule has 0 spiro atoms. The summed E-state index contributed by atoms with van der Waals surface area (Å²) in [7, 11) is -1.18. The lowest BCUT2D eigenvalue weighted by Gasteiger charge is -2.11. The van der Waals surface area contributed by atoms with Crippen LogP contribution in [0, 0.1) is 5.41 Å². The van der Waals surface area contributed by atoms with Gasteiger partial charge < -0.3 is 0 Å². The van der Waals surface area contributed by atoms with Gasteiger partial charge in [-0.05, 0) is 52.4 Å². The zero-order valence-corrected chi connectivity index (χ0v) is 16.2. The fourth-order valence-electron chi connectivity index (χ4n) is 1.91. The van der Waals surface area contributed by atoms with Crippen molar-refractivity contribution < 1.29 is 13.8 Å². The van der Waals surface area contributed by atoms with Crippen molar-refractivity contribution >= 4 is 22.6 Å². The summed E-state index contributed by atoms with van der Waals surface area (Å²) in [6, 6.07) is 6.98. The van der Waals surface area contributed by atoms with E-state index in [0.717, 1.165) is 12.0 Å². The second-order valence-corrected chi connectivity index (χ2v) is 9.60. The lowest BCUT2D eigenvalue weighted by molar-refractivity contribution is 0.0969. The van der Waals surface area contributed by atoms with Crippen molar-refractivity contribution in [1.29, 1.82) is 0 Å². The van der Waals surface area contributed by atoms with Crippen molar-refractivity contribution in [2.45, 2.75) is 65.0 Å². The SMILES string of the molecule is CC(=O)c1ccc(C(=O)CCC2(C)CC2)cc1.CC(C)(C)S(N)=O. The van der Waals surface area contributed by atoms with Crippen molar-refractivity contribution in [1.82, 2.24) is 0 Å². The molecule has 2 N–H and O–H groups in total. The minimum atomic E-state index is -1.18. The van der Waals surface area contributed by atoms with Crippen LogP contribution >= 0.6 is 0 Å². The van der Waals surface area contributed by atoms with Crippen LogP contribution in [-0.4, -0.2) is 20.5 Å². The molecule has 1 aliphatic rings. The zero-order chi connectivity index (χ0) is 18.5. The summed E-state index contributed by atoms with van der Waals surface area (Å²) in [5.74, 6) is 0.225. The van der Waals surface area contributed by atoms with Gasteiger partial charge in [0.15, 0.2) is 11.6 Å². The van der Waals surface area contributed by atoms with Crippen molar-refractivity contribution in [3.05, 3.63) is 35.4 Å². The van der Waals surface area contributed by atoms with Gasteiger partial charge in [0.1, 0.15) is 0 Å². The van der Waals surface area contributed by atoms with E-state index in [0.29, 0.717) is 17.4 Å². The van der Waals surface area contributed by atoms with Gasteiger partial charge in [0.05, 0.1) is 15.7 Å². The third-order valence-corrected chi connectivity index (χ3v) is 5.48. The molecule has 0 radical (unpaired) electrons. The van der Waals surface area contributed by atoms with Gasteiger partial charge in [0.2, 0.25) is 0 Å². The van der Waals surface area contributed by atoms with E-state index in [1.165, 1.54) is 19.8 Å². The van der Waals surface area contributed by atoms with Crippen LogP contribution in [0.25, 0.3) is 0 Å². The van der Waals surface area contributed by atoms with E-state index in [2.05, 4.69) is 6.92 Å². The van der Waals surface area contributed by atoms with Gasteiger partial charge in [-0.3, -0.25) is 14.7 Å². The maximum Gasteiger partial charge on any atom is 0.162 e. The molecule has 2 rings (SSSR count). The Bertz CT molecular complexity index is 610. The quantitative estimate of drug-likeness (QED) is 0.813. The topological polar surface area (TPSA) is 77.2 Å². The maximum absolute atomic E-state index is 11.9. The molecule has 0 aliphatic heterocycles. The lowest BCUT2D eigenvalue weighted by atomic mass is 9.97. The number of ketones is 2. The average Bonchev–Trinajstić information content (AvgIpc) is 3.23. The second kappa shape index (κ2) is 8.17. The molecule has 1 aromatic carbocycles. The number of hydrogen-bond donors (Lipinski definition) is 1. The number of carbonyl (C=O) groups excluding carboxylic acids is 2. The van der Waals surface area contributed by atoms with Crippen LogP contribution in [0.1, 0.15) is 81.0 Å². The summed E-state index contributed by atoms with van der Waals surface area (Å²) in [5.41, 5.74) is 1.81. The molecule has 1 unspecified atom stereocenters. The average molecular weight is 352 g/mol. The number of benzene rings is 1. The molecule has 1 aromatic rings. The van der Waals surface area contributed by atoms with E-state index in [9.17, 15) is 13.8 Å². The molecule has 24 heavy (non-hydrogen) atoms. The predicted octanol–water partition coefficient (Wildman–Crippen LogP) is 4.06. The molecule has 5 heteroatoms. The zero-order valence-electron chi connectivity index (χ0n) is 15.3. The summed E-state index contributed by atoms with van der Waals surface area (Å²) in [5, 5.41) is 5.04. The first kappa shape index (κ1) is 20.7. The Hall–Kier alpha value is -1.33. The first-order valence-corrected chi connectivity index (χ1v) is 9.46. The highest BCUT2D eigenvalue weighted by atomic mass is 32.2. The Kier molecular flexibility index (Phi) is 7.05. The summed E-state index contributed by atoms with van der Waals surface area (Å²) in [4.78, 5) is 23.0. The van der Waals surface area contributed by atoms with Gasteiger partial charge in [-0.1, -0.05) is 31.2 Å². The Morgan fingerprint density at radius 2 is 1.54 bits per heavy atom. The van der Waals surface area contributed by atoms with Gasteiger partial charge in [0, 0.05) is 17.5 Å². The van der Waals surface area contributed by atoms with E-state index in [-0.39, 0.29) is 16.3 Å². The molecule has 4 nitrogen and oxygen atoms in total. The van der Waals surface area contributed by atoms with Crippen molar-refractivity contribution in [3.63, 3.8) is 0 Å². The third kappa shape index (κ3) is 7.05. The minimum absolute atomic E-state index is 0.0366. The van der Waals surface area contributed by atoms with Crippen molar-refractivity contribution in [2.24, 2.45) is 10.6 Å². The summed E-state index contributed by atoms with van der Waals surface area (Å²) in [6.07, 6.45) is 4.11. The highest BCUT2D eigenvalue weighted by Gasteiger charge is 2.36. The second-order valence-electron chi connectivity index (χ2n) is 7.78. The summed E-state index contributed by atoms with van der Waals surface area (Å²) in [6.45, 7) is 9.28. The maximum atomic E-state index is 11.9. The molecule has 134 valence electrons. The van der Waals surface area contributed by atoms with Gasteiger partial charge >= 0.3 is 0 Å². The first-order valence-electron chi connectivity index (χ1n) is 8.25. The van der Waals surface area contributed by atoms with Crippen LogP contribution in [0.3, 0.4) is 0 Å². The molecular formula is C19H29NO3S. The van der Waals surface area contributed by atoms with E-state index < -0.39 is 11.0 Å². The Morgan fingerprint density at radius 3 is 1.88 bits per heavy atom. The number of nitrogens with two attached hydrogens (primary N) is 1. The van der Waals surface area contributed by atoms with Gasteiger partial charge in [-0.25, -0.2) is 4.21 Å². The molecule has 1 atom stereocenters. The molecule has 0 amide bonds. The van der Waals surface area contributed by atoms with Crippen molar-refractivity contribution in [2.75, 3.05) is 0 Å². The third-order valence-electron chi connectivity index (χ3n) is 4.28. The fourth-order valence-corrected chi connectivity index (χ4v) is 1.91. The van der Waals surface area contributed by atoms with Crippen LogP contribution in [0.5, 0.6) is 0 Å². The van der Waals surface area contributed by atoms with Gasteiger partial charge in [-0.15, -0.1) is 0 Å².